The van der Waals surface area contributed by atoms with E-state index < -0.39 is 17.3 Å². The highest BCUT2D eigenvalue weighted by atomic mass is 19.4. The highest BCUT2D eigenvalue weighted by Crippen LogP contribution is 2.32. The molecule has 0 saturated carbocycles. The Hall–Kier alpha value is -3.58. The average molecular weight is 510 g/mol. The molecule has 1 heterocycles. The Morgan fingerprint density at radius 1 is 0.757 bits per heavy atom. The highest BCUT2D eigenvalue weighted by Gasteiger charge is 2.30. The Morgan fingerprint density at radius 2 is 1.46 bits per heavy atom. The van der Waals surface area contributed by atoms with Gasteiger partial charge < -0.3 is 14.6 Å². The fourth-order valence-corrected chi connectivity index (χ4v) is 4.11. The summed E-state index contributed by atoms with van der Waals surface area (Å²) in [4.78, 5) is 4.63. The lowest BCUT2D eigenvalue weighted by Gasteiger charge is -2.24. The molecule has 0 aliphatic carbocycles. The van der Waals surface area contributed by atoms with Crippen molar-refractivity contribution in [3.63, 3.8) is 0 Å². The minimum atomic E-state index is -4.39. The SMILES string of the molecule is CC(O)(CCCCCOc1cccc(C(F)(F)F)c1)c1cccc(OCc2ccc3ccccc3n2)c1. The zero-order chi connectivity index (χ0) is 26.3. The van der Waals surface area contributed by atoms with Crippen LogP contribution < -0.4 is 9.47 Å². The first kappa shape index (κ1) is 26.5. The summed E-state index contributed by atoms with van der Waals surface area (Å²) in [6, 6.07) is 24.2. The highest BCUT2D eigenvalue weighted by molar-refractivity contribution is 5.78. The van der Waals surface area contributed by atoms with Gasteiger partial charge in [0.25, 0.3) is 0 Å². The quantitative estimate of drug-likeness (QED) is 0.211. The molecule has 0 bridgehead atoms. The number of aromatic nitrogens is 1. The van der Waals surface area contributed by atoms with Crippen LogP contribution in [0.4, 0.5) is 13.2 Å². The van der Waals surface area contributed by atoms with Gasteiger partial charge in [0.2, 0.25) is 0 Å². The molecular weight excluding hydrogens is 479 g/mol. The van der Waals surface area contributed by atoms with Crippen molar-refractivity contribution >= 4 is 10.9 Å². The number of halogens is 3. The lowest BCUT2D eigenvalue weighted by Crippen LogP contribution is -2.21. The Morgan fingerprint density at radius 3 is 2.24 bits per heavy atom. The van der Waals surface area contributed by atoms with Crippen LogP contribution in [0.2, 0.25) is 0 Å². The van der Waals surface area contributed by atoms with E-state index in [0.717, 1.165) is 47.1 Å². The maximum atomic E-state index is 12.8. The zero-order valence-corrected chi connectivity index (χ0v) is 20.7. The fourth-order valence-electron chi connectivity index (χ4n) is 4.11. The van der Waals surface area contributed by atoms with Crippen LogP contribution in [0.1, 0.15) is 49.4 Å². The number of fused-ring (bicyclic) bond motifs is 1. The van der Waals surface area contributed by atoms with Crippen molar-refractivity contribution < 1.29 is 27.8 Å². The number of ether oxygens (including phenoxy) is 2. The van der Waals surface area contributed by atoms with Crippen LogP contribution in [0.15, 0.2) is 84.9 Å². The van der Waals surface area contributed by atoms with E-state index in [2.05, 4.69) is 4.98 Å². The maximum Gasteiger partial charge on any atom is 0.416 e. The Balaban J connectivity index is 1.23. The van der Waals surface area contributed by atoms with Gasteiger partial charge >= 0.3 is 6.18 Å². The zero-order valence-electron chi connectivity index (χ0n) is 20.7. The van der Waals surface area contributed by atoms with E-state index in [0.29, 0.717) is 31.8 Å². The monoisotopic (exact) mass is 509 g/mol. The molecule has 1 aromatic heterocycles. The minimum absolute atomic E-state index is 0.206. The lowest BCUT2D eigenvalue weighted by molar-refractivity contribution is -0.137. The van der Waals surface area contributed by atoms with E-state index >= 15 is 0 Å². The number of benzene rings is 3. The Bertz CT molecular complexity index is 1320. The third kappa shape index (κ3) is 7.46. The molecular formula is C30H30F3NO3. The van der Waals surface area contributed by atoms with E-state index in [1.54, 1.807) is 6.92 Å². The first-order chi connectivity index (χ1) is 17.7. The van der Waals surface area contributed by atoms with Gasteiger partial charge in [0.15, 0.2) is 0 Å². The number of unbranched alkanes of at least 4 members (excludes halogenated alkanes) is 2. The summed E-state index contributed by atoms with van der Waals surface area (Å²) in [7, 11) is 0. The Labute approximate surface area is 214 Å². The predicted octanol–water partition coefficient (Wildman–Crippen LogP) is 7.68. The lowest BCUT2D eigenvalue weighted by atomic mass is 9.90. The van der Waals surface area contributed by atoms with Crippen molar-refractivity contribution in [3.8, 4) is 11.5 Å². The maximum absolute atomic E-state index is 12.8. The van der Waals surface area contributed by atoms with Crippen LogP contribution in [0.3, 0.4) is 0 Å². The second kappa shape index (κ2) is 11.6. The van der Waals surface area contributed by atoms with Gasteiger partial charge in [0, 0.05) is 5.39 Å². The summed E-state index contributed by atoms with van der Waals surface area (Å²) in [6.45, 7) is 2.41. The topological polar surface area (TPSA) is 51.6 Å². The number of rotatable bonds is 11. The smallest absolute Gasteiger partial charge is 0.416 e. The van der Waals surface area contributed by atoms with Crippen molar-refractivity contribution in [1.29, 1.82) is 0 Å². The van der Waals surface area contributed by atoms with Crippen LogP contribution in [0.5, 0.6) is 11.5 Å². The van der Waals surface area contributed by atoms with Gasteiger partial charge in [-0.3, -0.25) is 0 Å². The molecule has 0 radical (unpaired) electrons. The number of para-hydroxylation sites is 1. The van der Waals surface area contributed by atoms with Gasteiger partial charge in [-0.05, 0) is 74.2 Å². The summed E-state index contributed by atoms with van der Waals surface area (Å²) in [5, 5.41) is 12.1. The predicted molar refractivity (Wildman–Crippen MR) is 137 cm³/mol. The molecule has 0 aliphatic rings. The molecule has 4 nitrogen and oxygen atoms in total. The molecule has 37 heavy (non-hydrogen) atoms. The summed E-state index contributed by atoms with van der Waals surface area (Å²) in [5.41, 5.74) is 0.740. The Kier molecular flexibility index (Phi) is 8.34. The van der Waals surface area contributed by atoms with Gasteiger partial charge in [0.1, 0.15) is 18.1 Å². The van der Waals surface area contributed by atoms with E-state index in [9.17, 15) is 18.3 Å². The minimum Gasteiger partial charge on any atom is -0.494 e. The first-order valence-electron chi connectivity index (χ1n) is 12.3. The molecule has 1 atom stereocenters. The summed E-state index contributed by atoms with van der Waals surface area (Å²) >= 11 is 0. The summed E-state index contributed by atoms with van der Waals surface area (Å²) in [5.74, 6) is 0.861. The molecule has 4 aromatic rings. The van der Waals surface area contributed by atoms with Crippen LogP contribution in [-0.2, 0) is 18.4 Å². The van der Waals surface area contributed by atoms with Crippen molar-refractivity contribution in [3.05, 3.63) is 102 Å². The molecule has 1 N–H and O–H groups in total. The van der Waals surface area contributed by atoms with Crippen molar-refractivity contribution in [2.24, 2.45) is 0 Å². The summed E-state index contributed by atoms with van der Waals surface area (Å²) in [6.07, 6.45) is -1.66. The molecule has 194 valence electrons. The molecule has 0 saturated heterocycles. The fraction of sp³-hybridized carbons (Fsp3) is 0.300. The van der Waals surface area contributed by atoms with E-state index in [1.165, 1.54) is 12.1 Å². The van der Waals surface area contributed by atoms with Gasteiger partial charge in [-0.2, -0.15) is 13.2 Å². The van der Waals surface area contributed by atoms with Crippen LogP contribution in [0.25, 0.3) is 10.9 Å². The van der Waals surface area contributed by atoms with Gasteiger partial charge in [-0.15, -0.1) is 0 Å². The average Bonchev–Trinajstić information content (AvgIpc) is 2.89. The van der Waals surface area contributed by atoms with Crippen LogP contribution >= 0.6 is 0 Å². The molecule has 0 fully saturated rings. The standard InChI is InChI=1S/C30H30F3NO3/c1-29(35,17-5-2-6-18-36-26-12-8-11-24(20-26)30(31,32)33)23-10-7-13-27(19-23)37-21-25-16-15-22-9-3-4-14-28(22)34-25/h3-4,7-16,19-20,35H,2,5-6,17-18,21H2,1H3. The van der Waals surface area contributed by atoms with Crippen molar-refractivity contribution in [2.45, 2.75) is 51.0 Å². The van der Waals surface area contributed by atoms with Crippen molar-refractivity contribution in [1.82, 2.24) is 4.98 Å². The van der Waals surface area contributed by atoms with Gasteiger partial charge in [-0.25, -0.2) is 4.98 Å². The van der Waals surface area contributed by atoms with Crippen LogP contribution in [0, 0.1) is 0 Å². The molecule has 0 amide bonds. The molecule has 0 spiro atoms. The second-order valence-corrected chi connectivity index (χ2v) is 9.27. The normalized spacial score (nSPS) is 13.3. The van der Waals surface area contributed by atoms with E-state index in [4.69, 9.17) is 9.47 Å². The largest absolute Gasteiger partial charge is 0.494 e. The van der Waals surface area contributed by atoms with Gasteiger partial charge in [-0.1, -0.05) is 48.9 Å². The molecule has 3 aromatic carbocycles. The first-order valence-corrected chi connectivity index (χ1v) is 12.3. The second-order valence-electron chi connectivity index (χ2n) is 9.27. The third-order valence-electron chi connectivity index (χ3n) is 6.24. The number of nitrogens with zero attached hydrogens (tertiary/aromatic N) is 1. The molecule has 1 unspecified atom stereocenters. The van der Waals surface area contributed by atoms with Gasteiger partial charge in [0.05, 0.1) is 29.0 Å². The molecule has 0 aliphatic heterocycles. The number of hydrogen-bond donors (Lipinski definition) is 1. The number of pyridine rings is 1. The third-order valence-corrected chi connectivity index (χ3v) is 6.24. The van der Waals surface area contributed by atoms with E-state index in [-0.39, 0.29) is 5.75 Å². The number of alkyl halides is 3. The van der Waals surface area contributed by atoms with Crippen LogP contribution in [-0.4, -0.2) is 16.7 Å². The van der Waals surface area contributed by atoms with E-state index in [1.807, 2.05) is 60.7 Å². The van der Waals surface area contributed by atoms with Crippen molar-refractivity contribution in [2.75, 3.05) is 6.61 Å². The number of aliphatic hydroxyl groups is 1. The number of hydrogen-bond acceptors (Lipinski definition) is 4. The molecule has 4 rings (SSSR count). The molecule has 7 heteroatoms. The summed E-state index contributed by atoms with van der Waals surface area (Å²) < 4.78 is 49.9.